The Kier molecular flexibility index (Phi) is 1.95. The SMILES string of the molecule is O=C[C@H]1C[C@H]2CCCC[C@H]2N1. The average molecular weight is 153 g/mol. The van der Waals surface area contributed by atoms with Gasteiger partial charge in [-0.15, -0.1) is 0 Å². The van der Waals surface area contributed by atoms with E-state index in [1.807, 2.05) is 0 Å². The lowest BCUT2D eigenvalue weighted by Crippen LogP contribution is -2.33. The summed E-state index contributed by atoms with van der Waals surface area (Å²) in [7, 11) is 0. The number of rotatable bonds is 1. The van der Waals surface area contributed by atoms with Crippen LogP contribution in [-0.2, 0) is 4.79 Å². The molecule has 62 valence electrons. The summed E-state index contributed by atoms with van der Waals surface area (Å²) < 4.78 is 0. The van der Waals surface area contributed by atoms with Crippen molar-refractivity contribution in [2.45, 2.75) is 44.2 Å². The van der Waals surface area contributed by atoms with E-state index in [0.717, 1.165) is 18.6 Å². The zero-order valence-corrected chi connectivity index (χ0v) is 6.75. The predicted octanol–water partition coefficient (Wildman–Crippen LogP) is 1.11. The van der Waals surface area contributed by atoms with E-state index < -0.39 is 0 Å². The molecule has 2 heteroatoms. The fourth-order valence-corrected chi connectivity index (χ4v) is 2.47. The molecule has 1 aliphatic carbocycles. The van der Waals surface area contributed by atoms with Gasteiger partial charge in [0.05, 0.1) is 6.04 Å². The molecule has 0 aromatic heterocycles. The molecule has 1 heterocycles. The molecule has 2 aliphatic rings. The molecule has 1 N–H and O–H groups in total. The standard InChI is InChI=1S/C9H15NO/c11-6-8-5-7-3-1-2-4-9(7)10-8/h6-10H,1-5H2/t7-,8-,9-/m1/s1. The van der Waals surface area contributed by atoms with Gasteiger partial charge in [-0.05, 0) is 25.2 Å². The van der Waals surface area contributed by atoms with Gasteiger partial charge in [0.15, 0.2) is 0 Å². The molecule has 0 amide bonds. The van der Waals surface area contributed by atoms with Gasteiger partial charge in [0.2, 0.25) is 0 Å². The quantitative estimate of drug-likeness (QED) is 0.572. The molecular formula is C9H15NO. The van der Waals surface area contributed by atoms with Gasteiger partial charge in [-0.1, -0.05) is 12.8 Å². The average Bonchev–Trinajstić information content (AvgIpc) is 2.46. The molecule has 0 radical (unpaired) electrons. The molecular weight excluding hydrogens is 138 g/mol. The van der Waals surface area contributed by atoms with E-state index in [4.69, 9.17) is 0 Å². The fraction of sp³-hybridized carbons (Fsp3) is 0.889. The van der Waals surface area contributed by atoms with Crippen LogP contribution in [0.5, 0.6) is 0 Å². The van der Waals surface area contributed by atoms with Gasteiger partial charge in [-0.2, -0.15) is 0 Å². The van der Waals surface area contributed by atoms with Crippen LogP contribution in [0.1, 0.15) is 32.1 Å². The van der Waals surface area contributed by atoms with Crippen molar-refractivity contribution in [3.63, 3.8) is 0 Å². The molecule has 2 fully saturated rings. The normalized spacial score (nSPS) is 43.5. The van der Waals surface area contributed by atoms with Crippen molar-refractivity contribution in [3.8, 4) is 0 Å². The highest BCUT2D eigenvalue weighted by Crippen LogP contribution is 2.32. The minimum atomic E-state index is 0.170. The van der Waals surface area contributed by atoms with Gasteiger partial charge in [0.25, 0.3) is 0 Å². The molecule has 2 nitrogen and oxygen atoms in total. The molecule has 2 rings (SSSR count). The van der Waals surface area contributed by atoms with Crippen LogP contribution < -0.4 is 5.32 Å². The third-order valence-electron chi connectivity index (χ3n) is 3.06. The molecule has 0 aromatic rings. The number of nitrogens with one attached hydrogen (secondary N) is 1. The Hall–Kier alpha value is -0.370. The summed E-state index contributed by atoms with van der Waals surface area (Å²) in [5, 5.41) is 3.37. The van der Waals surface area contributed by atoms with Gasteiger partial charge in [-0.25, -0.2) is 0 Å². The zero-order valence-electron chi connectivity index (χ0n) is 6.75. The highest BCUT2D eigenvalue weighted by atomic mass is 16.1. The van der Waals surface area contributed by atoms with Crippen LogP contribution in [0, 0.1) is 5.92 Å². The lowest BCUT2D eigenvalue weighted by molar-refractivity contribution is -0.109. The molecule has 0 aromatic carbocycles. The van der Waals surface area contributed by atoms with Crippen LogP contribution in [0.2, 0.25) is 0 Å². The predicted molar refractivity (Wildman–Crippen MR) is 43.4 cm³/mol. The van der Waals surface area contributed by atoms with Crippen LogP contribution >= 0.6 is 0 Å². The van der Waals surface area contributed by atoms with Crippen LogP contribution in [0.25, 0.3) is 0 Å². The van der Waals surface area contributed by atoms with Crippen molar-refractivity contribution in [2.75, 3.05) is 0 Å². The number of aldehydes is 1. The number of hydrogen-bond donors (Lipinski definition) is 1. The zero-order chi connectivity index (χ0) is 7.68. The summed E-state index contributed by atoms with van der Waals surface area (Å²) in [6, 6.07) is 0.835. The molecule has 0 bridgehead atoms. The Labute approximate surface area is 67.4 Å². The van der Waals surface area contributed by atoms with Crippen LogP contribution in [0.15, 0.2) is 0 Å². The first-order valence-corrected chi connectivity index (χ1v) is 4.61. The monoisotopic (exact) mass is 153 g/mol. The Morgan fingerprint density at radius 2 is 2.09 bits per heavy atom. The topological polar surface area (TPSA) is 29.1 Å². The number of fused-ring (bicyclic) bond motifs is 1. The lowest BCUT2D eigenvalue weighted by atomic mass is 9.85. The lowest BCUT2D eigenvalue weighted by Gasteiger charge is -2.24. The first-order chi connectivity index (χ1) is 5.40. The van der Waals surface area contributed by atoms with E-state index in [2.05, 4.69) is 5.32 Å². The van der Waals surface area contributed by atoms with E-state index >= 15 is 0 Å². The van der Waals surface area contributed by atoms with E-state index in [0.29, 0.717) is 6.04 Å². The Balaban J connectivity index is 1.97. The van der Waals surface area contributed by atoms with Crippen molar-refractivity contribution < 1.29 is 4.79 Å². The van der Waals surface area contributed by atoms with Crippen molar-refractivity contribution in [1.82, 2.24) is 5.32 Å². The maximum atomic E-state index is 10.5. The van der Waals surface area contributed by atoms with Gasteiger partial charge in [0.1, 0.15) is 6.29 Å². The smallest absolute Gasteiger partial charge is 0.136 e. The summed E-state index contributed by atoms with van der Waals surface area (Å²) in [5.74, 6) is 0.805. The van der Waals surface area contributed by atoms with Crippen molar-refractivity contribution in [3.05, 3.63) is 0 Å². The fourth-order valence-electron chi connectivity index (χ4n) is 2.47. The largest absolute Gasteiger partial charge is 0.305 e. The molecule has 0 spiro atoms. The Bertz CT molecular complexity index is 144. The minimum Gasteiger partial charge on any atom is -0.305 e. The molecule has 11 heavy (non-hydrogen) atoms. The maximum Gasteiger partial charge on any atom is 0.136 e. The molecule has 1 saturated carbocycles. The van der Waals surface area contributed by atoms with Crippen LogP contribution in [0.3, 0.4) is 0 Å². The van der Waals surface area contributed by atoms with E-state index in [1.54, 1.807) is 0 Å². The highest BCUT2D eigenvalue weighted by molar-refractivity contribution is 5.58. The number of carbonyl (C=O) groups excluding carboxylic acids is 1. The summed E-state index contributed by atoms with van der Waals surface area (Å²) in [4.78, 5) is 10.5. The van der Waals surface area contributed by atoms with Crippen molar-refractivity contribution >= 4 is 6.29 Å². The maximum absolute atomic E-state index is 10.5. The summed E-state index contributed by atoms with van der Waals surface area (Å²) in [6.07, 6.45) is 7.50. The van der Waals surface area contributed by atoms with Crippen LogP contribution in [0.4, 0.5) is 0 Å². The minimum absolute atomic E-state index is 0.170. The van der Waals surface area contributed by atoms with Gasteiger partial charge >= 0.3 is 0 Å². The summed E-state index contributed by atoms with van der Waals surface area (Å²) in [5.41, 5.74) is 0. The van der Waals surface area contributed by atoms with Crippen molar-refractivity contribution in [1.29, 1.82) is 0 Å². The van der Waals surface area contributed by atoms with Gasteiger partial charge in [-0.3, -0.25) is 0 Å². The number of hydrogen-bond acceptors (Lipinski definition) is 2. The first kappa shape index (κ1) is 7.29. The van der Waals surface area contributed by atoms with E-state index in [-0.39, 0.29) is 6.04 Å². The molecule has 3 atom stereocenters. The second kappa shape index (κ2) is 2.94. The molecule has 0 unspecified atom stereocenters. The van der Waals surface area contributed by atoms with Crippen LogP contribution in [-0.4, -0.2) is 18.4 Å². The van der Waals surface area contributed by atoms with Crippen molar-refractivity contribution in [2.24, 2.45) is 5.92 Å². The van der Waals surface area contributed by atoms with Gasteiger partial charge < -0.3 is 10.1 Å². The van der Waals surface area contributed by atoms with E-state index in [1.165, 1.54) is 25.7 Å². The first-order valence-electron chi connectivity index (χ1n) is 4.61. The second-order valence-corrected chi connectivity index (χ2v) is 3.80. The highest BCUT2D eigenvalue weighted by Gasteiger charge is 2.34. The third kappa shape index (κ3) is 1.32. The van der Waals surface area contributed by atoms with E-state index in [9.17, 15) is 4.79 Å². The summed E-state index contributed by atoms with van der Waals surface area (Å²) >= 11 is 0. The Morgan fingerprint density at radius 1 is 1.27 bits per heavy atom. The molecule has 1 aliphatic heterocycles. The number of carbonyl (C=O) groups is 1. The van der Waals surface area contributed by atoms with Gasteiger partial charge in [0, 0.05) is 6.04 Å². The summed E-state index contributed by atoms with van der Waals surface area (Å²) in [6.45, 7) is 0. The second-order valence-electron chi connectivity index (χ2n) is 3.80. The molecule has 1 saturated heterocycles. The Morgan fingerprint density at radius 3 is 2.82 bits per heavy atom. The third-order valence-corrected chi connectivity index (χ3v) is 3.06.